The number of hydrogen-bond acceptors (Lipinski definition) is 4. The second-order valence-electron chi connectivity index (χ2n) is 4.60. The average molecular weight is 234 g/mol. The fraction of sp³-hybridized carbons (Fsp3) is 0.692. The molecule has 2 rings (SSSR count). The van der Waals surface area contributed by atoms with E-state index in [2.05, 4.69) is 34.4 Å². The van der Waals surface area contributed by atoms with Crippen molar-refractivity contribution in [2.75, 3.05) is 17.2 Å². The fourth-order valence-corrected chi connectivity index (χ4v) is 2.01. The first kappa shape index (κ1) is 12.1. The Hall–Kier alpha value is -1.32. The normalized spacial score (nSPS) is 15.4. The van der Waals surface area contributed by atoms with E-state index in [1.807, 2.05) is 0 Å². The van der Waals surface area contributed by atoms with Gasteiger partial charge in [0.25, 0.3) is 0 Å². The minimum atomic E-state index is 0.620. The lowest BCUT2D eigenvalue weighted by Gasteiger charge is -2.28. The highest BCUT2D eigenvalue weighted by atomic mass is 15.1. The van der Waals surface area contributed by atoms with Crippen LogP contribution in [0.15, 0.2) is 6.33 Å². The Bertz CT molecular complexity index is 360. The molecule has 1 heterocycles. The zero-order valence-corrected chi connectivity index (χ0v) is 10.8. The molecular formula is C13H22N4. The molecule has 0 saturated heterocycles. The van der Waals surface area contributed by atoms with E-state index in [1.165, 1.54) is 24.8 Å². The summed E-state index contributed by atoms with van der Waals surface area (Å²) in [5.74, 6) is 2.01. The van der Waals surface area contributed by atoms with Crippen LogP contribution in [0.1, 0.15) is 45.1 Å². The first-order valence-electron chi connectivity index (χ1n) is 6.69. The van der Waals surface area contributed by atoms with Gasteiger partial charge in [0.15, 0.2) is 0 Å². The van der Waals surface area contributed by atoms with Crippen LogP contribution in [0, 0.1) is 0 Å². The van der Waals surface area contributed by atoms with Gasteiger partial charge in [0, 0.05) is 18.2 Å². The summed E-state index contributed by atoms with van der Waals surface area (Å²) in [4.78, 5) is 8.71. The summed E-state index contributed by atoms with van der Waals surface area (Å²) in [7, 11) is 0. The maximum atomic E-state index is 4.38. The van der Waals surface area contributed by atoms with Crippen LogP contribution in [-0.2, 0) is 6.42 Å². The van der Waals surface area contributed by atoms with Gasteiger partial charge >= 0.3 is 0 Å². The Kier molecular flexibility index (Phi) is 4.18. The van der Waals surface area contributed by atoms with Gasteiger partial charge in [0.1, 0.15) is 18.0 Å². The molecule has 94 valence electrons. The van der Waals surface area contributed by atoms with Crippen LogP contribution in [0.4, 0.5) is 11.6 Å². The average Bonchev–Trinajstić information content (AvgIpc) is 2.31. The molecule has 1 aliphatic carbocycles. The third-order valence-corrected chi connectivity index (χ3v) is 3.29. The maximum Gasteiger partial charge on any atom is 0.134 e. The molecule has 1 fully saturated rings. The van der Waals surface area contributed by atoms with Crippen molar-refractivity contribution >= 4 is 11.6 Å². The van der Waals surface area contributed by atoms with E-state index in [0.29, 0.717) is 6.04 Å². The van der Waals surface area contributed by atoms with Crippen molar-refractivity contribution in [3.05, 3.63) is 11.9 Å². The maximum absolute atomic E-state index is 4.38. The zero-order valence-electron chi connectivity index (χ0n) is 10.8. The van der Waals surface area contributed by atoms with E-state index < -0.39 is 0 Å². The van der Waals surface area contributed by atoms with Gasteiger partial charge in [-0.25, -0.2) is 9.97 Å². The summed E-state index contributed by atoms with van der Waals surface area (Å²) in [5.41, 5.74) is 1.22. The van der Waals surface area contributed by atoms with Crippen LogP contribution in [-0.4, -0.2) is 22.6 Å². The Labute approximate surface area is 103 Å². The van der Waals surface area contributed by atoms with Crippen molar-refractivity contribution < 1.29 is 0 Å². The molecule has 0 spiro atoms. The number of hydrogen-bond donors (Lipinski definition) is 2. The molecule has 1 aliphatic rings. The summed E-state index contributed by atoms with van der Waals surface area (Å²) in [6, 6.07) is 0.620. The number of nitrogens with one attached hydrogen (secondary N) is 2. The van der Waals surface area contributed by atoms with Gasteiger partial charge in [0.2, 0.25) is 0 Å². The summed E-state index contributed by atoms with van der Waals surface area (Å²) >= 11 is 0. The topological polar surface area (TPSA) is 49.8 Å². The molecule has 17 heavy (non-hydrogen) atoms. The number of aromatic nitrogens is 2. The molecule has 0 amide bonds. The summed E-state index contributed by atoms with van der Waals surface area (Å²) in [5, 5.41) is 6.90. The van der Waals surface area contributed by atoms with Gasteiger partial charge < -0.3 is 10.6 Å². The van der Waals surface area contributed by atoms with Gasteiger partial charge in [-0.3, -0.25) is 0 Å². The molecule has 0 aliphatic heterocycles. The van der Waals surface area contributed by atoms with E-state index >= 15 is 0 Å². The molecule has 2 N–H and O–H groups in total. The second kappa shape index (κ2) is 5.84. The van der Waals surface area contributed by atoms with Crippen molar-refractivity contribution in [3.8, 4) is 0 Å². The monoisotopic (exact) mass is 234 g/mol. The largest absolute Gasteiger partial charge is 0.370 e. The minimum Gasteiger partial charge on any atom is -0.370 e. The molecule has 1 aromatic heterocycles. The Balaban J connectivity index is 2.12. The highest BCUT2D eigenvalue weighted by Gasteiger charge is 2.19. The van der Waals surface area contributed by atoms with Crippen LogP contribution >= 0.6 is 0 Å². The van der Waals surface area contributed by atoms with Crippen molar-refractivity contribution in [1.29, 1.82) is 0 Å². The Morgan fingerprint density at radius 2 is 2.00 bits per heavy atom. The smallest absolute Gasteiger partial charge is 0.134 e. The third-order valence-electron chi connectivity index (χ3n) is 3.29. The summed E-state index contributed by atoms with van der Waals surface area (Å²) in [6.07, 6.45) is 7.60. The number of nitrogens with zero attached hydrogens (tertiary/aromatic N) is 2. The Morgan fingerprint density at radius 3 is 2.59 bits per heavy atom. The number of anilines is 2. The fourth-order valence-electron chi connectivity index (χ4n) is 2.01. The van der Waals surface area contributed by atoms with Gasteiger partial charge in [-0.2, -0.15) is 0 Å². The molecule has 0 atom stereocenters. The lowest BCUT2D eigenvalue weighted by atomic mass is 9.93. The van der Waals surface area contributed by atoms with E-state index in [1.54, 1.807) is 6.33 Å². The predicted molar refractivity (Wildman–Crippen MR) is 71.5 cm³/mol. The highest BCUT2D eigenvalue weighted by molar-refractivity contribution is 5.57. The van der Waals surface area contributed by atoms with E-state index in [-0.39, 0.29) is 0 Å². The van der Waals surface area contributed by atoms with E-state index in [0.717, 1.165) is 31.0 Å². The van der Waals surface area contributed by atoms with E-state index in [4.69, 9.17) is 0 Å². The SMILES string of the molecule is CCCNc1ncnc(NC2CCC2)c1CC. The minimum absolute atomic E-state index is 0.620. The van der Waals surface area contributed by atoms with Crippen LogP contribution in [0.5, 0.6) is 0 Å². The predicted octanol–water partition coefficient (Wildman–Crippen LogP) is 2.83. The van der Waals surface area contributed by atoms with Gasteiger partial charge in [-0.05, 0) is 32.1 Å². The first-order valence-corrected chi connectivity index (χ1v) is 6.69. The third kappa shape index (κ3) is 2.87. The van der Waals surface area contributed by atoms with Crippen LogP contribution in [0.25, 0.3) is 0 Å². The van der Waals surface area contributed by atoms with Crippen LogP contribution in [0.3, 0.4) is 0 Å². The van der Waals surface area contributed by atoms with Crippen molar-refractivity contribution in [3.63, 3.8) is 0 Å². The van der Waals surface area contributed by atoms with E-state index in [9.17, 15) is 0 Å². The lowest BCUT2D eigenvalue weighted by Crippen LogP contribution is -2.28. The van der Waals surface area contributed by atoms with Crippen LogP contribution < -0.4 is 10.6 Å². The standard InChI is InChI=1S/C13H22N4/c1-3-8-14-12-11(4-2)13(16-9-15-12)17-10-6-5-7-10/h9-10H,3-8H2,1-2H3,(H2,14,15,16,17). The quantitative estimate of drug-likeness (QED) is 0.794. The molecular weight excluding hydrogens is 212 g/mol. The molecule has 0 radical (unpaired) electrons. The van der Waals surface area contributed by atoms with Gasteiger partial charge in [-0.15, -0.1) is 0 Å². The van der Waals surface area contributed by atoms with Crippen molar-refractivity contribution in [2.45, 2.75) is 52.0 Å². The van der Waals surface area contributed by atoms with Gasteiger partial charge in [0.05, 0.1) is 0 Å². The van der Waals surface area contributed by atoms with Crippen molar-refractivity contribution in [2.24, 2.45) is 0 Å². The molecule has 0 bridgehead atoms. The van der Waals surface area contributed by atoms with Crippen molar-refractivity contribution in [1.82, 2.24) is 9.97 Å². The van der Waals surface area contributed by atoms with Crippen LogP contribution in [0.2, 0.25) is 0 Å². The Morgan fingerprint density at radius 1 is 1.24 bits per heavy atom. The summed E-state index contributed by atoms with van der Waals surface area (Å²) < 4.78 is 0. The zero-order chi connectivity index (χ0) is 12.1. The summed E-state index contributed by atoms with van der Waals surface area (Å²) in [6.45, 7) is 5.28. The molecule has 0 unspecified atom stereocenters. The lowest BCUT2D eigenvalue weighted by molar-refractivity contribution is 0.444. The highest BCUT2D eigenvalue weighted by Crippen LogP contribution is 2.26. The molecule has 4 heteroatoms. The molecule has 1 aromatic rings. The molecule has 4 nitrogen and oxygen atoms in total. The first-order chi connectivity index (χ1) is 8.35. The molecule has 0 aromatic carbocycles. The van der Waals surface area contributed by atoms with Gasteiger partial charge in [-0.1, -0.05) is 13.8 Å². The number of rotatable bonds is 6. The molecule has 1 saturated carbocycles. The second-order valence-corrected chi connectivity index (χ2v) is 4.60.